The van der Waals surface area contributed by atoms with Crippen molar-refractivity contribution < 1.29 is 9.13 Å². The van der Waals surface area contributed by atoms with Crippen molar-refractivity contribution in [3.05, 3.63) is 39.4 Å². The first-order chi connectivity index (χ1) is 10.0. The van der Waals surface area contributed by atoms with E-state index in [0.717, 1.165) is 17.5 Å². The quantitative estimate of drug-likeness (QED) is 0.773. The van der Waals surface area contributed by atoms with Crippen LogP contribution in [0, 0.1) is 12.7 Å². The molecule has 1 atom stereocenters. The van der Waals surface area contributed by atoms with Crippen molar-refractivity contribution in [3.63, 3.8) is 0 Å². The molecule has 112 valence electrons. The molecule has 1 saturated heterocycles. The van der Waals surface area contributed by atoms with Crippen molar-refractivity contribution in [2.75, 3.05) is 24.6 Å². The smallest absolute Gasteiger partial charge is 0.205 e. The van der Waals surface area contributed by atoms with Crippen molar-refractivity contribution >= 4 is 39.9 Å². The average molecular weight is 348 g/mol. The van der Waals surface area contributed by atoms with Gasteiger partial charge in [0, 0.05) is 28.7 Å². The molecule has 4 nitrogen and oxygen atoms in total. The van der Waals surface area contributed by atoms with Crippen LogP contribution in [0.25, 0.3) is 0 Å². The van der Waals surface area contributed by atoms with Crippen molar-refractivity contribution in [2.24, 2.45) is 0 Å². The van der Waals surface area contributed by atoms with Crippen LogP contribution in [0.4, 0.5) is 9.52 Å². The summed E-state index contributed by atoms with van der Waals surface area (Å²) in [7, 11) is 0. The Morgan fingerprint density at radius 1 is 1.38 bits per heavy atom. The van der Waals surface area contributed by atoms with Crippen LogP contribution in [0.1, 0.15) is 17.5 Å². The molecule has 1 unspecified atom stereocenters. The first kappa shape index (κ1) is 15.0. The third-order valence-electron chi connectivity index (χ3n) is 3.24. The second-order valence-electron chi connectivity index (χ2n) is 4.72. The normalized spacial score (nSPS) is 19.0. The fourth-order valence-corrected chi connectivity index (χ4v) is 3.42. The third kappa shape index (κ3) is 3.13. The molecule has 0 spiro atoms. The summed E-state index contributed by atoms with van der Waals surface area (Å²) in [6, 6.07) is 2.75. The molecule has 3 rings (SSSR count). The number of nitrogens with zero attached hydrogens (tertiary/aromatic N) is 3. The Bertz CT molecular complexity index is 667. The Balaban J connectivity index is 1.85. The number of rotatable bonds is 2. The molecule has 1 aliphatic heterocycles. The van der Waals surface area contributed by atoms with Gasteiger partial charge in [-0.15, -0.1) is 0 Å². The van der Waals surface area contributed by atoms with E-state index in [1.165, 1.54) is 23.7 Å². The monoisotopic (exact) mass is 347 g/mol. The maximum atomic E-state index is 13.7. The van der Waals surface area contributed by atoms with Gasteiger partial charge in [-0.3, -0.25) is 0 Å². The van der Waals surface area contributed by atoms with Gasteiger partial charge in [0.15, 0.2) is 0 Å². The first-order valence-corrected chi connectivity index (χ1v) is 7.89. The lowest BCUT2D eigenvalue weighted by Crippen LogP contribution is -2.38. The molecule has 1 fully saturated rings. The van der Waals surface area contributed by atoms with Crippen LogP contribution in [0.5, 0.6) is 0 Å². The van der Waals surface area contributed by atoms with Crippen LogP contribution >= 0.6 is 34.7 Å². The topological polar surface area (TPSA) is 38.2 Å². The van der Waals surface area contributed by atoms with E-state index in [9.17, 15) is 4.39 Å². The van der Waals surface area contributed by atoms with Gasteiger partial charge < -0.3 is 9.64 Å². The van der Waals surface area contributed by atoms with E-state index in [-0.39, 0.29) is 11.1 Å². The number of hydrogen-bond acceptors (Lipinski definition) is 5. The van der Waals surface area contributed by atoms with Crippen LogP contribution in [0.15, 0.2) is 12.1 Å². The second kappa shape index (κ2) is 6.04. The Labute approximate surface area is 135 Å². The van der Waals surface area contributed by atoms with Gasteiger partial charge in [-0.1, -0.05) is 23.2 Å². The molecule has 8 heteroatoms. The molecule has 0 amide bonds. The number of benzene rings is 1. The Hall–Kier alpha value is -0.950. The molecule has 0 radical (unpaired) electrons. The number of ether oxygens (including phenoxy) is 1. The molecule has 0 N–H and O–H groups in total. The minimum atomic E-state index is -0.497. The Morgan fingerprint density at radius 3 is 2.90 bits per heavy atom. The van der Waals surface area contributed by atoms with E-state index in [4.69, 9.17) is 27.9 Å². The maximum Gasteiger partial charge on any atom is 0.205 e. The van der Waals surface area contributed by atoms with Crippen molar-refractivity contribution in [2.45, 2.75) is 13.0 Å². The van der Waals surface area contributed by atoms with Gasteiger partial charge in [0.05, 0.1) is 18.2 Å². The molecule has 0 saturated carbocycles. The van der Waals surface area contributed by atoms with Crippen LogP contribution in [0.3, 0.4) is 0 Å². The number of aryl methyl sites for hydroxylation is 1. The van der Waals surface area contributed by atoms with E-state index < -0.39 is 5.82 Å². The zero-order valence-electron chi connectivity index (χ0n) is 11.1. The van der Waals surface area contributed by atoms with Gasteiger partial charge in [0.2, 0.25) is 5.13 Å². The fraction of sp³-hybridized carbons (Fsp3) is 0.385. The van der Waals surface area contributed by atoms with Gasteiger partial charge in [0.1, 0.15) is 17.7 Å². The minimum Gasteiger partial charge on any atom is -0.370 e. The highest BCUT2D eigenvalue weighted by molar-refractivity contribution is 7.09. The van der Waals surface area contributed by atoms with Crippen LogP contribution in [-0.2, 0) is 4.74 Å². The largest absolute Gasteiger partial charge is 0.370 e. The fourth-order valence-electron chi connectivity index (χ4n) is 2.21. The van der Waals surface area contributed by atoms with Crippen molar-refractivity contribution in [1.82, 2.24) is 9.36 Å². The predicted molar refractivity (Wildman–Crippen MR) is 82.0 cm³/mol. The van der Waals surface area contributed by atoms with E-state index in [0.29, 0.717) is 23.7 Å². The summed E-state index contributed by atoms with van der Waals surface area (Å²) in [5.74, 6) is 0.247. The molecular formula is C13H12Cl2FN3OS. The zero-order chi connectivity index (χ0) is 15.0. The van der Waals surface area contributed by atoms with Crippen molar-refractivity contribution in [3.8, 4) is 0 Å². The van der Waals surface area contributed by atoms with E-state index >= 15 is 0 Å². The Kier molecular flexibility index (Phi) is 4.31. The molecular weight excluding hydrogens is 336 g/mol. The summed E-state index contributed by atoms with van der Waals surface area (Å²) in [5.41, 5.74) is 0.601. The van der Waals surface area contributed by atoms with Crippen molar-refractivity contribution in [1.29, 1.82) is 0 Å². The summed E-state index contributed by atoms with van der Waals surface area (Å²) in [5, 5.41) is 1.25. The van der Waals surface area contributed by atoms with E-state index in [1.54, 1.807) is 0 Å². The highest BCUT2D eigenvalue weighted by atomic mass is 35.5. The van der Waals surface area contributed by atoms with Gasteiger partial charge >= 0.3 is 0 Å². The molecule has 2 aromatic rings. The summed E-state index contributed by atoms with van der Waals surface area (Å²) >= 11 is 13.2. The van der Waals surface area contributed by atoms with Gasteiger partial charge in [-0.25, -0.2) is 9.37 Å². The number of morpholine rings is 1. The summed E-state index contributed by atoms with van der Waals surface area (Å²) in [4.78, 5) is 6.44. The van der Waals surface area contributed by atoms with Gasteiger partial charge in [-0.2, -0.15) is 4.37 Å². The number of aromatic nitrogens is 2. The van der Waals surface area contributed by atoms with E-state index in [1.807, 2.05) is 6.92 Å². The molecule has 1 aromatic carbocycles. The number of anilines is 1. The van der Waals surface area contributed by atoms with Crippen LogP contribution in [0.2, 0.25) is 10.0 Å². The van der Waals surface area contributed by atoms with Crippen LogP contribution in [-0.4, -0.2) is 29.1 Å². The lowest BCUT2D eigenvalue weighted by Gasteiger charge is -2.33. The molecule has 1 aromatic heterocycles. The summed E-state index contributed by atoms with van der Waals surface area (Å²) in [6.07, 6.45) is -0.317. The lowest BCUT2D eigenvalue weighted by atomic mass is 10.1. The first-order valence-electron chi connectivity index (χ1n) is 6.36. The molecule has 1 aliphatic rings. The molecule has 0 aliphatic carbocycles. The average Bonchev–Trinajstić information content (AvgIpc) is 2.90. The highest BCUT2D eigenvalue weighted by Crippen LogP contribution is 2.33. The van der Waals surface area contributed by atoms with E-state index in [2.05, 4.69) is 14.3 Å². The summed E-state index contributed by atoms with van der Waals surface area (Å²) in [6.45, 7) is 3.64. The maximum absolute atomic E-state index is 13.7. The van der Waals surface area contributed by atoms with Crippen LogP contribution < -0.4 is 4.90 Å². The third-order valence-corrected chi connectivity index (χ3v) is 4.73. The highest BCUT2D eigenvalue weighted by Gasteiger charge is 2.26. The molecule has 21 heavy (non-hydrogen) atoms. The lowest BCUT2D eigenvalue weighted by molar-refractivity contribution is 0.0396. The standard InChI is InChI=1S/C13H12Cl2FN3OS/c1-7-17-13(21-18-7)19-2-3-20-12(6-19)8-4-11(16)10(15)5-9(8)14/h4-5,12H,2-3,6H2,1H3. The molecule has 2 heterocycles. The minimum absolute atomic E-state index is 0.0103. The SMILES string of the molecule is Cc1nsc(N2CCOC(c3cc(F)c(Cl)cc3Cl)C2)n1. The van der Waals surface area contributed by atoms with Gasteiger partial charge in [-0.05, 0) is 19.1 Å². The predicted octanol–water partition coefficient (Wildman–Crippen LogP) is 3.87. The Morgan fingerprint density at radius 2 is 2.19 bits per heavy atom. The summed E-state index contributed by atoms with van der Waals surface area (Å²) < 4.78 is 23.6. The zero-order valence-corrected chi connectivity index (χ0v) is 13.5. The number of hydrogen-bond donors (Lipinski definition) is 0. The second-order valence-corrected chi connectivity index (χ2v) is 6.26. The molecule has 0 bridgehead atoms. The van der Waals surface area contributed by atoms with Gasteiger partial charge in [0.25, 0.3) is 0 Å². The number of halogens is 3.